The lowest BCUT2D eigenvalue weighted by molar-refractivity contribution is -0.161. The Bertz CT molecular complexity index is 556. The van der Waals surface area contributed by atoms with Crippen LogP contribution in [0.3, 0.4) is 0 Å². The molecule has 0 unspecified atom stereocenters. The van der Waals surface area contributed by atoms with Gasteiger partial charge in [-0.25, -0.2) is 0 Å². The lowest BCUT2D eigenvalue weighted by Crippen LogP contribution is -2.53. The van der Waals surface area contributed by atoms with E-state index in [1.807, 2.05) is 0 Å². The van der Waals surface area contributed by atoms with Gasteiger partial charge < -0.3 is 4.74 Å². The number of fused-ring (bicyclic) bond motifs is 6. The zero-order valence-electron chi connectivity index (χ0n) is 15.7. The standard InChI is InChI=1S/C22H34O2/c1-13(23)24-20-7-6-18-17-5-4-16-11-14-10-15(14)12-22(16,3)19(17)8-9-21(18,20)2/h14-20H,4-12H2,1-3H3/t14-,15+,16-,17-,18-,19-,20-,21-,22-/m0/s1. The van der Waals surface area contributed by atoms with Crippen molar-refractivity contribution < 1.29 is 9.53 Å². The van der Waals surface area contributed by atoms with Gasteiger partial charge in [-0.2, -0.15) is 0 Å². The normalized spacial score (nSPS) is 58.0. The Kier molecular flexibility index (Phi) is 3.28. The van der Waals surface area contributed by atoms with E-state index in [-0.39, 0.29) is 17.5 Å². The predicted molar refractivity (Wildman–Crippen MR) is 94.3 cm³/mol. The van der Waals surface area contributed by atoms with E-state index in [2.05, 4.69) is 13.8 Å². The summed E-state index contributed by atoms with van der Waals surface area (Å²) in [4.78, 5) is 11.6. The van der Waals surface area contributed by atoms with Crippen LogP contribution in [0, 0.1) is 46.3 Å². The highest BCUT2D eigenvalue weighted by atomic mass is 16.5. The fraction of sp³-hybridized carbons (Fsp3) is 0.955. The zero-order valence-corrected chi connectivity index (χ0v) is 15.7. The minimum absolute atomic E-state index is 0.0771. The second-order valence-corrected chi connectivity index (χ2v) is 10.6. The van der Waals surface area contributed by atoms with Crippen LogP contribution in [0.1, 0.15) is 78.6 Å². The number of esters is 1. The number of hydrogen-bond donors (Lipinski definition) is 0. The fourth-order valence-electron chi connectivity index (χ4n) is 8.37. The van der Waals surface area contributed by atoms with E-state index in [0.29, 0.717) is 5.41 Å². The Labute approximate surface area is 147 Å². The van der Waals surface area contributed by atoms with Gasteiger partial charge in [0.15, 0.2) is 0 Å². The molecule has 5 aliphatic carbocycles. The Hall–Kier alpha value is -0.530. The summed E-state index contributed by atoms with van der Waals surface area (Å²) in [6.45, 7) is 6.70. The summed E-state index contributed by atoms with van der Waals surface area (Å²) in [6, 6.07) is 0. The molecule has 0 saturated heterocycles. The molecular weight excluding hydrogens is 296 g/mol. The smallest absolute Gasteiger partial charge is 0.302 e. The van der Waals surface area contributed by atoms with E-state index < -0.39 is 0 Å². The maximum absolute atomic E-state index is 11.6. The van der Waals surface area contributed by atoms with Crippen LogP contribution in [0.4, 0.5) is 0 Å². The highest BCUT2D eigenvalue weighted by molar-refractivity contribution is 5.66. The summed E-state index contributed by atoms with van der Waals surface area (Å²) < 4.78 is 5.78. The molecule has 0 heterocycles. The second kappa shape index (κ2) is 5.01. The van der Waals surface area contributed by atoms with Crippen LogP contribution in [-0.4, -0.2) is 12.1 Å². The van der Waals surface area contributed by atoms with Crippen molar-refractivity contribution in [3.8, 4) is 0 Å². The van der Waals surface area contributed by atoms with Crippen LogP contribution >= 0.6 is 0 Å². The number of rotatable bonds is 1. The van der Waals surface area contributed by atoms with Crippen molar-refractivity contribution in [1.82, 2.24) is 0 Å². The van der Waals surface area contributed by atoms with Gasteiger partial charge in [-0.15, -0.1) is 0 Å². The second-order valence-electron chi connectivity index (χ2n) is 10.6. The van der Waals surface area contributed by atoms with Crippen LogP contribution in [0.2, 0.25) is 0 Å². The number of ether oxygens (including phenoxy) is 1. The number of carbonyl (C=O) groups excluding carboxylic acids is 1. The molecule has 5 fully saturated rings. The molecule has 0 aromatic heterocycles. The van der Waals surface area contributed by atoms with Crippen LogP contribution in [-0.2, 0) is 9.53 Å². The minimum Gasteiger partial charge on any atom is -0.462 e. The highest BCUT2D eigenvalue weighted by Gasteiger charge is 2.63. The third kappa shape index (κ3) is 2.04. The van der Waals surface area contributed by atoms with Gasteiger partial charge in [0.2, 0.25) is 0 Å². The quantitative estimate of drug-likeness (QED) is 0.617. The largest absolute Gasteiger partial charge is 0.462 e. The third-order valence-corrected chi connectivity index (χ3v) is 9.64. The van der Waals surface area contributed by atoms with E-state index in [1.165, 1.54) is 38.5 Å². The Morgan fingerprint density at radius 1 is 0.917 bits per heavy atom. The first-order valence-electron chi connectivity index (χ1n) is 10.6. The van der Waals surface area contributed by atoms with Crippen molar-refractivity contribution >= 4 is 5.97 Å². The Morgan fingerprint density at radius 3 is 2.50 bits per heavy atom. The van der Waals surface area contributed by atoms with Crippen molar-refractivity contribution in [2.45, 2.75) is 84.7 Å². The molecule has 5 saturated carbocycles. The lowest BCUT2D eigenvalue weighted by atomic mass is 9.45. The molecule has 0 radical (unpaired) electrons. The summed E-state index contributed by atoms with van der Waals surface area (Å²) in [6.07, 6.45) is 12.8. The number of hydrogen-bond acceptors (Lipinski definition) is 2. The minimum atomic E-state index is -0.0771. The fourth-order valence-corrected chi connectivity index (χ4v) is 8.37. The van der Waals surface area contributed by atoms with Crippen LogP contribution in [0.5, 0.6) is 0 Å². The van der Waals surface area contributed by atoms with Gasteiger partial charge in [-0.1, -0.05) is 13.8 Å². The molecule has 0 N–H and O–H groups in total. The molecule has 2 heteroatoms. The van der Waals surface area contributed by atoms with Crippen molar-refractivity contribution in [3.63, 3.8) is 0 Å². The third-order valence-electron chi connectivity index (χ3n) is 9.64. The van der Waals surface area contributed by atoms with E-state index in [9.17, 15) is 4.79 Å². The van der Waals surface area contributed by atoms with E-state index in [4.69, 9.17) is 4.74 Å². The van der Waals surface area contributed by atoms with Crippen molar-refractivity contribution in [2.75, 3.05) is 0 Å². The maximum Gasteiger partial charge on any atom is 0.302 e. The summed E-state index contributed by atoms with van der Waals surface area (Å²) in [5.41, 5.74) is 0.883. The lowest BCUT2D eigenvalue weighted by Gasteiger charge is -2.60. The Morgan fingerprint density at radius 2 is 1.71 bits per heavy atom. The molecule has 0 aromatic carbocycles. The highest BCUT2D eigenvalue weighted by Crippen LogP contribution is 2.70. The molecule has 0 spiro atoms. The summed E-state index contributed by atoms with van der Waals surface area (Å²) in [7, 11) is 0. The predicted octanol–water partition coefficient (Wildman–Crippen LogP) is 5.21. The summed E-state index contributed by atoms with van der Waals surface area (Å²) in [5, 5.41) is 0. The molecule has 9 atom stereocenters. The zero-order chi connectivity index (χ0) is 16.7. The van der Waals surface area contributed by atoms with Crippen molar-refractivity contribution in [2.24, 2.45) is 46.3 Å². The molecule has 5 rings (SSSR count). The molecule has 0 aromatic rings. The van der Waals surface area contributed by atoms with Gasteiger partial charge in [-0.05, 0) is 98.7 Å². The average Bonchev–Trinajstić information content (AvgIpc) is 3.18. The topological polar surface area (TPSA) is 26.3 Å². The van der Waals surface area contributed by atoms with Gasteiger partial charge in [0, 0.05) is 12.3 Å². The average molecular weight is 331 g/mol. The van der Waals surface area contributed by atoms with Gasteiger partial charge in [0.05, 0.1) is 0 Å². The molecule has 0 aliphatic heterocycles. The number of carbonyl (C=O) groups is 1. The van der Waals surface area contributed by atoms with Gasteiger partial charge in [0.1, 0.15) is 6.10 Å². The monoisotopic (exact) mass is 330 g/mol. The van der Waals surface area contributed by atoms with Crippen LogP contribution < -0.4 is 0 Å². The van der Waals surface area contributed by atoms with Crippen LogP contribution in [0.25, 0.3) is 0 Å². The Balaban J connectivity index is 1.41. The summed E-state index contributed by atoms with van der Waals surface area (Å²) >= 11 is 0. The molecule has 134 valence electrons. The molecule has 2 nitrogen and oxygen atoms in total. The van der Waals surface area contributed by atoms with Gasteiger partial charge >= 0.3 is 5.97 Å². The SMILES string of the molecule is CC(=O)O[C@H]1CC[C@H]2[C@@H]3CC[C@H]4C[C@@H]5C[C@@H]5C[C@]4(C)[C@H]3CC[C@]12C. The van der Waals surface area contributed by atoms with E-state index in [0.717, 1.165) is 41.9 Å². The first-order valence-corrected chi connectivity index (χ1v) is 10.6. The van der Waals surface area contributed by atoms with Crippen molar-refractivity contribution in [3.05, 3.63) is 0 Å². The molecular formula is C22H34O2. The van der Waals surface area contributed by atoms with Crippen molar-refractivity contribution in [1.29, 1.82) is 0 Å². The molecule has 0 bridgehead atoms. The molecule has 0 amide bonds. The van der Waals surface area contributed by atoms with E-state index >= 15 is 0 Å². The van der Waals surface area contributed by atoms with E-state index in [1.54, 1.807) is 19.8 Å². The first kappa shape index (κ1) is 15.7. The van der Waals surface area contributed by atoms with Gasteiger partial charge in [-0.3, -0.25) is 4.79 Å². The first-order chi connectivity index (χ1) is 11.4. The molecule has 5 aliphatic rings. The maximum atomic E-state index is 11.6. The van der Waals surface area contributed by atoms with Gasteiger partial charge in [0.25, 0.3) is 0 Å². The van der Waals surface area contributed by atoms with Crippen LogP contribution in [0.15, 0.2) is 0 Å². The summed E-state index contributed by atoms with van der Waals surface area (Å²) in [5.74, 6) is 5.77. The molecule has 24 heavy (non-hydrogen) atoms.